The van der Waals surface area contributed by atoms with Crippen LogP contribution in [-0.2, 0) is 11.3 Å². The molecular weight excluding hydrogens is 385 g/mol. The highest BCUT2D eigenvalue weighted by Gasteiger charge is 2.23. The van der Waals surface area contributed by atoms with Crippen molar-refractivity contribution in [2.75, 3.05) is 52.4 Å². The molecular formula is C22H34FN5O2. The number of piperazine rings is 1. The number of hydrogen-bond acceptors (Lipinski definition) is 4. The number of benzene rings is 1. The maximum atomic E-state index is 13.5. The Morgan fingerprint density at radius 3 is 2.40 bits per heavy atom. The number of phenols is 1. The molecule has 30 heavy (non-hydrogen) atoms. The van der Waals surface area contributed by atoms with Gasteiger partial charge >= 0.3 is 0 Å². The molecule has 0 saturated carbocycles. The number of amides is 1. The Labute approximate surface area is 178 Å². The van der Waals surface area contributed by atoms with E-state index < -0.39 is 5.82 Å². The lowest BCUT2D eigenvalue weighted by Gasteiger charge is -2.37. The molecule has 166 valence electrons. The van der Waals surface area contributed by atoms with E-state index >= 15 is 0 Å². The molecule has 0 bridgehead atoms. The molecule has 8 heteroatoms. The van der Waals surface area contributed by atoms with Gasteiger partial charge in [0.2, 0.25) is 5.91 Å². The number of aliphatic imine (C=N–C) groups is 1. The Kier molecular flexibility index (Phi) is 8.30. The fraction of sp³-hybridized carbons (Fsp3) is 0.636. The highest BCUT2D eigenvalue weighted by atomic mass is 19.1. The van der Waals surface area contributed by atoms with Crippen molar-refractivity contribution in [3.63, 3.8) is 0 Å². The van der Waals surface area contributed by atoms with E-state index in [1.165, 1.54) is 25.0 Å². The van der Waals surface area contributed by atoms with Crippen LogP contribution >= 0.6 is 0 Å². The third-order valence-electron chi connectivity index (χ3n) is 5.75. The molecule has 2 aliphatic rings. The van der Waals surface area contributed by atoms with Crippen LogP contribution in [0, 0.1) is 5.82 Å². The summed E-state index contributed by atoms with van der Waals surface area (Å²) < 4.78 is 13.5. The minimum absolute atomic E-state index is 0.250. The van der Waals surface area contributed by atoms with E-state index in [1.54, 1.807) is 6.07 Å². The molecule has 1 aromatic rings. The summed E-state index contributed by atoms with van der Waals surface area (Å²) in [6.07, 6.45) is 4.69. The van der Waals surface area contributed by atoms with Crippen LogP contribution in [0.4, 0.5) is 4.39 Å². The smallest absolute Gasteiger partial charge is 0.236 e. The number of carbonyl (C=O) groups excluding carboxylic acids is 1. The van der Waals surface area contributed by atoms with E-state index in [0.29, 0.717) is 18.7 Å². The maximum Gasteiger partial charge on any atom is 0.236 e. The highest BCUT2D eigenvalue weighted by Crippen LogP contribution is 2.17. The summed E-state index contributed by atoms with van der Waals surface area (Å²) in [5.41, 5.74) is 0.711. The number of nitrogens with zero attached hydrogens (tertiary/aromatic N) is 4. The van der Waals surface area contributed by atoms with E-state index in [1.807, 2.05) is 11.8 Å². The first-order valence-corrected chi connectivity index (χ1v) is 11.1. The van der Waals surface area contributed by atoms with Gasteiger partial charge in [0.25, 0.3) is 0 Å². The Morgan fingerprint density at radius 2 is 1.77 bits per heavy atom. The third-order valence-corrected chi connectivity index (χ3v) is 5.75. The molecule has 3 rings (SSSR count). The molecule has 1 amide bonds. The fourth-order valence-electron chi connectivity index (χ4n) is 3.97. The van der Waals surface area contributed by atoms with Crippen LogP contribution in [-0.4, -0.2) is 84.0 Å². The van der Waals surface area contributed by atoms with Crippen LogP contribution in [0.15, 0.2) is 23.2 Å². The van der Waals surface area contributed by atoms with Crippen molar-refractivity contribution in [3.05, 3.63) is 29.6 Å². The van der Waals surface area contributed by atoms with E-state index in [2.05, 4.69) is 20.1 Å². The zero-order chi connectivity index (χ0) is 21.3. The first kappa shape index (κ1) is 22.3. The second-order valence-corrected chi connectivity index (χ2v) is 8.01. The molecule has 2 fully saturated rings. The van der Waals surface area contributed by atoms with Gasteiger partial charge in [0.15, 0.2) is 17.5 Å². The standard InChI is InChI=1S/C22H34FN5O2/c1-2-24-22(25-16-18-7-8-20(29)19(23)15-18)28-13-11-26(12-14-28)17-21(30)27-9-5-3-4-6-10-27/h7-8,15,29H,2-6,9-14,16-17H2,1H3,(H,24,25). The predicted molar refractivity (Wildman–Crippen MR) is 116 cm³/mol. The van der Waals surface area contributed by atoms with Crippen molar-refractivity contribution < 1.29 is 14.3 Å². The first-order chi connectivity index (χ1) is 14.6. The number of likely N-dealkylation sites (tertiary alicyclic amines) is 1. The number of phenolic OH excluding ortho intramolecular Hbond substituents is 1. The number of carbonyl (C=O) groups is 1. The lowest BCUT2D eigenvalue weighted by molar-refractivity contribution is -0.132. The molecule has 0 aromatic heterocycles. The molecule has 2 saturated heterocycles. The predicted octanol–water partition coefficient (Wildman–Crippen LogP) is 2.02. The van der Waals surface area contributed by atoms with Gasteiger partial charge < -0.3 is 20.2 Å². The molecule has 2 aliphatic heterocycles. The van der Waals surface area contributed by atoms with Crippen LogP contribution in [0.3, 0.4) is 0 Å². The summed E-state index contributed by atoms with van der Waals surface area (Å²) in [4.78, 5) is 23.7. The Hall–Kier alpha value is -2.35. The minimum atomic E-state index is -0.629. The summed E-state index contributed by atoms with van der Waals surface area (Å²) >= 11 is 0. The SMILES string of the molecule is CCNC(=NCc1ccc(O)c(F)c1)N1CCN(CC(=O)N2CCCCCC2)CC1. The molecule has 0 unspecified atom stereocenters. The summed E-state index contributed by atoms with van der Waals surface area (Å²) in [5, 5.41) is 12.6. The van der Waals surface area contributed by atoms with Gasteiger partial charge in [-0.15, -0.1) is 0 Å². The topological polar surface area (TPSA) is 71.4 Å². The number of hydrogen-bond donors (Lipinski definition) is 2. The van der Waals surface area contributed by atoms with Gasteiger partial charge in [-0.05, 0) is 37.5 Å². The van der Waals surface area contributed by atoms with Gasteiger partial charge in [0, 0.05) is 45.8 Å². The first-order valence-electron chi connectivity index (χ1n) is 11.1. The van der Waals surface area contributed by atoms with Crippen molar-refractivity contribution >= 4 is 11.9 Å². The molecule has 7 nitrogen and oxygen atoms in total. The molecule has 1 aromatic carbocycles. The van der Waals surface area contributed by atoms with Gasteiger partial charge in [-0.2, -0.15) is 0 Å². The van der Waals surface area contributed by atoms with Crippen LogP contribution in [0.5, 0.6) is 5.75 Å². The van der Waals surface area contributed by atoms with E-state index in [0.717, 1.165) is 64.6 Å². The number of guanidine groups is 1. The average Bonchev–Trinajstić information content (AvgIpc) is 3.04. The van der Waals surface area contributed by atoms with Crippen molar-refractivity contribution in [1.82, 2.24) is 20.0 Å². The van der Waals surface area contributed by atoms with Gasteiger partial charge in [-0.1, -0.05) is 18.9 Å². The molecule has 0 atom stereocenters. The number of halogens is 1. The normalized spacial score (nSPS) is 18.9. The minimum Gasteiger partial charge on any atom is -0.505 e. The molecule has 0 aliphatic carbocycles. The Bertz CT molecular complexity index is 726. The van der Waals surface area contributed by atoms with Gasteiger partial charge in [0.05, 0.1) is 13.1 Å². The molecule has 0 radical (unpaired) electrons. The monoisotopic (exact) mass is 419 g/mol. The molecule has 2 heterocycles. The number of aromatic hydroxyl groups is 1. The lowest BCUT2D eigenvalue weighted by Crippen LogP contribution is -2.54. The Balaban J connectivity index is 1.51. The van der Waals surface area contributed by atoms with E-state index in [4.69, 9.17) is 0 Å². The number of nitrogens with one attached hydrogen (secondary N) is 1. The largest absolute Gasteiger partial charge is 0.505 e. The van der Waals surface area contributed by atoms with Crippen molar-refractivity contribution in [3.8, 4) is 5.75 Å². The molecule has 0 spiro atoms. The van der Waals surface area contributed by atoms with Gasteiger partial charge in [-0.3, -0.25) is 9.69 Å². The second kappa shape index (κ2) is 11.2. The van der Waals surface area contributed by atoms with Gasteiger partial charge in [-0.25, -0.2) is 9.38 Å². The van der Waals surface area contributed by atoms with Crippen LogP contribution < -0.4 is 5.32 Å². The summed E-state index contributed by atoms with van der Waals surface area (Å²) in [7, 11) is 0. The van der Waals surface area contributed by atoms with Crippen LogP contribution in [0.1, 0.15) is 38.2 Å². The van der Waals surface area contributed by atoms with Gasteiger partial charge in [0.1, 0.15) is 0 Å². The molecule has 2 N–H and O–H groups in total. The zero-order valence-electron chi connectivity index (χ0n) is 17.9. The summed E-state index contributed by atoms with van der Waals surface area (Å²) in [6, 6.07) is 4.35. The zero-order valence-corrected chi connectivity index (χ0v) is 17.9. The van der Waals surface area contributed by atoms with E-state index in [9.17, 15) is 14.3 Å². The lowest BCUT2D eigenvalue weighted by atomic mass is 10.2. The average molecular weight is 420 g/mol. The fourth-order valence-corrected chi connectivity index (χ4v) is 3.97. The van der Waals surface area contributed by atoms with Crippen molar-refractivity contribution in [2.24, 2.45) is 4.99 Å². The quantitative estimate of drug-likeness (QED) is 0.564. The van der Waals surface area contributed by atoms with Crippen molar-refractivity contribution in [1.29, 1.82) is 0 Å². The second-order valence-electron chi connectivity index (χ2n) is 8.01. The van der Waals surface area contributed by atoms with Crippen LogP contribution in [0.2, 0.25) is 0 Å². The summed E-state index contributed by atoms with van der Waals surface area (Å²) in [6.45, 7) is 8.62. The third kappa shape index (κ3) is 6.32. The highest BCUT2D eigenvalue weighted by molar-refractivity contribution is 5.80. The van der Waals surface area contributed by atoms with Crippen LogP contribution in [0.25, 0.3) is 0 Å². The Morgan fingerprint density at radius 1 is 1.07 bits per heavy atom. The summed E-state index contributed by atoms with van der Waals surface area (Å²) in [5.74, 6) is 0.0700. The van der Waals surface area contributed by atoms with Crippen molar-refractivity contribution in [2.45, 2.75) is 39.2 Å². The maximum absolute atomic E-state index is 13.5. The van der Waals surface area contributed by atoms with E-state index in [-0.39, 0.29) is 11.7 Å². The number of rotatable bonds is 5.